The molecule has 0 unspecified atom stereocenters. The number of aliphatic hydroxyl groups excluding tert-OH is 1. The Morgan fingerprint density at radius 1 is 0.957 bits per heavy atom. The summed E-state index contributed by atoms with van der Waals surface area (Å²) in [7, 11) is 0. The molecule has 2 rings (SSSR count). The molecule has 2 aromatic rings. The lowest BCUT2D eigenvalue weighted by Gasteiger charge is -2.01. The normalized spacial score (nSPS) is 9.30. The van der Waals surface area contributed by atoms with Crippen LogP contribution in [0.15, 0.2) is 60.7 Å². The molecule has 0 aromatic heterocycles. The summed E-state index contributed by atoms with van der Waals surface area (Å²) in [5, 5.41) is 11.0. The minimum Gasteiger partial charge on any atom is -0.462 e. The zero-order valence-corrected chi connectivity index (χ0v) is 13.1. The Hall–Kier alpha value is -2.66. The number of carbonyl (C=O) groups is 2. The summed E-state index contributed by atoms with van der Waals surface area (Å²) in [4.78, 5) is 22.2. The molecule has 0 atom stereocenters. The zero-order valence-electron chi connectivity index (χ0n) is 13.1. The van der Waals surface area contributed by atoms with Gasteiger partial charge in [-0.2, -0.15) is 0 Å². The fourth-order valence-corrected chi connectivity index (χ4v) is 1.65. The molecule has 0 aliphatic carbocycles. The van der Waals surface area contributed by atoms with Crippen molar-refractivity contribution >= 4 is 11.9 Å². The van der Waals surface area contributed by atoms with Crippen molar-refractivity contribution in [1.29, 1.82) is 0 Å². The highest BCUT2D eigenvalue weighted by molar-refractivity contribution is 5.94. The molecular weight excluding hydrogens is 294 g/mol. The quantitative estimate of drug-likeness (QED) is 0.830. The molecule has 0 heterocycles. The first-order valence-electron chi connectivity index (χ1n) is 7.35. The third kappa shape index (κ3) is 7.24. The van der Waals surface area contributed by atoms with E-state index >= 15 is 0 Å². The number of benzene rings is 2. The molecule has 122 valence electrons. The Labute approximate surface area is 135 Å². The maximum absolute atomic E-state index is 11.2. The monoisotopic (exact) mass is 315 g/mol. The van der Waals surface area contributed by atoms with Crippen LogP contribution < -0.4 is 5.32 Å². The molecule has 5 nitrogen and oxygen atoms in total. The number of rotatable bonds is 5. The fraction of sp³-hybridized carbons (Fsp3) is 0.222. The Bertz CT molecular complexity index is 584. The van der Waals surface area contributed by atoms with Crippen LogP contribution in [0, 0.1) is 0 Å². The lowest BCUT2D eigenvalue weighted by Crippen LogP contribution is -2.26. The lowest BCUT2D eigenvalue weighted by molar-refractivity contribution is 0.0526. The summed E-state index contributed by atoms with van der Waals surface area (Å²) >= 11 is 0. The second kappa shape index (κ2) is 11.0. The van der Waals surface area contributed by atoms with Gasteiger partial charge in [0.1, 0.15) is 0 Å². The van der Waals surface area contributed by atoms with E-state index in [1.165, 1.54) is 0 Å². The molecule has 0 aliphatic heterocycles. The first kappa shape index (κ1) is 18.4. The predicted molar refractivity (Wildman–Crippen MR) is 88.3 cm³/mol. The average molecular weight is 315 g/mol. The van der Waals surface area contributed by atoms with Crippen LogP contribution >= 0.6 is 0 Å². The maximum Gasteiger partial charge on any atom is 0.338 e. The topological polar surface area (TPSA) is 75.6 Å². The Morgan fingerprint density at radius 3 is 1.96 bits per heavy atom. The van der Waals surface area contributed by atoms with E-state index in [2.05, 4.69) is 5.32 Å². The standard InChI is InChI=1S/C9H11NO2.C9H10O2/c11-7-6-10-9(12)8-4-2-1-3-5-8;1-2-11-9(10)8-6-4-3-5-7-8/h1-5,11H,6-7H2,(H,10,12);3-7H,2H2,1H3. The second-order valence-corrected chi connectivity index (χ2v) is 4.43. The number of hydrogen-bond acceptors (Lipinski definition) is 4. The zero-order chi connectivity index (χ0) is 16.9. The van der Waals surface area contributed by atoms with Gasteiger partial charge in [-0.15, -0.1) is 0 Å². The Morgan fingerprint density at radius 2 is 1.48 bits per heavy atom. The average Bonchev–Trinajstić information content (AvgIpc) is 2.62. The molecule has 0 bridgehead atoms. The highest BCUT2D eigenvalue weighted by Gasteiger charge is 2.02. The van der Waals surface area contributed by atoms with Crippen molar-refractivity contribution in [3.63, 3.8) is 0 Å². The van der Waals surface area contributed by atoms with Gasteiger partial charge in [0.15, 0.2) is 0 Å². The lowest BCUT2D eigenvalue weighted by atomic mass is 10.2. The molecule has 0 saturated carbocycles. The van der Waals surface area contributed by atoms with E-state index in [9.17, 15) is 9.59 Å². The van der Waals surface area contributed by atoms with Gasteiger partial charge in [0, 0.05) is 12.1 Å². The number of carbonyl (C=O) groups excluding carboxylic acids is 2. The van der Waals surface area contributed by atoms with Gasteiger partial charge in [0.05, 0.1) is 18.8 Å². The van der Waals surface area contributed by atoms with Crippen LogP contribution in [0.3, 0.4) is 0 Å². The van der Waals surface area contributed by atoms with Crippen molar-refractivity contribution in [3.8, 4) is 0 Å². The van der Waals surface area contributed by atoms with Gasteiger partial charge in [-0.05, 0) is 31.2 Å². The number of aliphatic hydroxyl groups is 1. The predicted octanol–water partition coefficient (Wildman–Crippen LogP) is 2.27. The molecule has 2 aromatic carbocycles. The van der Waals surface area contributed by atoms with Crippen molar-refractivity contribution in [2.75, 3.05) is 19.8 Å². The van der Waals surface area contributed by atoms with Gasteiger partial charge in [0.2, 0.25) is 0 Å². The van der Waals surface area contributed by atoms with E-state index in [4.69, 9.17) is 9.84 Å². The minimum atomic E-state index is -0.256. The van der Waals surface area contributed by atoms with Crippen molar-refractivity contribution < 1.29 is 19.4 Å². The third-order valence-corrected chi connectivity index (χ3v) is 2.72. The van der Waals surface area contributed by atoms with E-state index in [1.54, 1.807) is 43.3 Å². The molecule has 5 heteroatoms. The fourth-order valence-electron chi connectivity index (χ4n) is 1.65. The molecule has 0 radical (unpaired) electrons. The van der Waals surface area contributed by atoms with Crippen LogP contribution in [0.5, 0.6) is 0 Å². The van der Waals surface area contributed by atoms with E-state index in [-0.39, 0.29) is 18.5 Å². The van der Waals surface area contributed by atoms with Crippen LogP contribution in [0.25, 0.3) is 0 Å². The largest absolute Gasteiger partial charge is 0.462 e. The first-order valence-corrected chi connectivity index (χ1v) is 7.35. The van der Waals surface area contributed by atoms with Gasteiger partial charge in [-0.25, -0.2) is 4.79 Å². The van der Waals surface area contributed by atoms with Crippen LogP contribution in [0.2, 0.25) is 0 Å². The second-order valence-electron chi connectivity index (χ2n) is 4.43. The van der Waals surface area contributed by atoms with E-state index in [1.807, 2.05) is 24.3 Å². The SMILES string of the molecule is CCOC(=O)c1ccccc1.O=C(NCCO)c1ccccc1. The van der Waals surface area contributed by atoms with Crippen molar-refractivity contribution in [3.05, 3.63) is 71.8 Å². The molecule has 23 heavy (non-hydrogen) atoms. The van der Waals surface area contributed by atoms with Crippen LogP contribution in [-0.2, 0) is 4.74 Å². The molecule has 0 saturated heterocycles. The maximum atomic E-state index is 11.2. The van der Waals surface area contributed by atoms with Gasteiger partial charge in [-0.1, -0.05) is 36.4 Å². The number of ether oxygens (including phenoxy) is 1. The molecule has 1 amide bonds. The highest BCUT2D eigenvalue weighted by Crippen LogP contribution is 2.00. The smallest absolute Gasteiger partial charge is 0.338 e. The molecular formula is C18H21NO4. The van der Waals surface area contributed by atoms with E-state index in [0.717, 1.165) is 0 Å². The summed E-state index contributed by atoms with van der Waals surface area (Å²) in [6, 6.07) is 17.9. The Balaban J connectivity index is 0.000000231. The summed E-state index contributed by atoms with van der Waals surface area (Å²) in [5.41, 5.74) is 1.22. The summed E-state index contributed by atoms with van der Waals surface area (Å²) in [6.07, 6.45) is 0. The highest BCUT2D eigenvalue weighted by atomic mass is 16.5. The van der Waals surface area contributed by atoms with Gasteiger partial charge in [0.25, 0.3) is 5.91 Å². The van der Waals surface area contributed by atoms with Crippen LogP contribution in [-0.4, -0.2) is 36.7 Å². The number of hydrogen-bond donors (Lipinski definition) is 2. The molecule has 0 spiro atoms. The minimum absolute atomic E-state index is 0.0292. The van der Waals surface area contributed by atoms with Gasteiger partial charge in [-0.3, -0.25) is 4.79 Å². The van der Waals surface area contributed by atoms with Crippen LogP contribution in [0.1, 0.15) is 27.6 Å². The van der Waals surface area contributed by atoms with Crippen LogP contribution in [0.4, 0.5) is 0 Å². The third-order valence-electron chi connectivity index (χ3n) is 2.72. The summed E-state index contributed by atoms with van der Waals surface area (Å²) in [5.74, 6) is -0.405. The summed E-state index contributed by atoms with van der Waals surface area (Å²) < 4.78 is 4.79. The van der Waals surface area contributed by atoms with Crippen molar-refractivity contribution in [2.45, 2.75) is 6.92 Å². The first-order chi connectivity index (χ1) is 11.2. The molecule has 0 fully saturated rings. The Kier molecular flexibility index (Phi) is 8.78. The number of nitrogens with one attached hydrogen (secondary N) is 1. The van der Waals surface area contributed by atoms with Gasteiger partial charge < -0.3 is 15.2 Å². The van der Waals surface area contributed by atoms with Crippen molar-refractivity contribution in [1.82, 2.24) is 5.32 Å². The molecule has 2 N–H and O–H groups in total. The number of amides is 1. The van der Waals surface area contributed by atoms with E-state index < -0.39 is 0 Å². The number of esters is 1. The van der Waals surface area contributed by atoms with Gasteiger partial charge >= 0.3 is 5.97 Å². The molecule has 0 aliphatic rings. The van der Waals surface area contributed by atoms with E-state index in [0.29, 0.717) is 24.3 Å². The van der Waals surface area contributed by atoms with Crippen molar-refractivity contribution in [2.24, 2.45) is 0 Å². The summed E-state index contributed by atoms with van der Waals surface area (Å²) in [6.45, 7) is 2.49.